The molecule has 1 aliphatic rings. The summed E-state index contributed by atoms with van der Waals surface area (Å²) in [6.45, 7) is 0. The van der Waals surface area contributed by atoms with Gasteiger partial charge < -0.3 is 5.32 Å². The highest BCUT2D eigenvalue weighted by molar-refractivity contribution is 6.75. The normalized spacial score (nSPS) is 23.5. The van der Waals surface area contributed by atoms with E-state index >= 15 is 0 Å². The van der Waals surface area contributed by atoms with Gasteiger partial charge in [-0.05, 0) is 6.04 Å². The van der Waals surface area contributed by atoms with Crippen LogP contribution in [0.4, 0.5) is 4.79 Å². The Hall–Kier alpha value is -0.643. The van der Waals surface area contributed by atoms with Crippen LogP contribution >= 0.6 is 0 Å². The number of amides is 2. The first-order valence-corrected chi connectivity index (χ1v) is 4.32. The molecule has 0 aromatic heterocycles. The number of carbonyl (C=O) groups excluding carboxylic acids is 2. The number of hydrogen-bond donors (Lipinski definition) is 1. The number of carbonyl (C=O) groups is 2. The second-order valence-corrected chi connectivity index (χ2v) is 3.67. The molecule has 8 heavy (non-hydrogen) atoms. The molecule has 1 fully saturated rings. The van der Waals surface area contributed by atoms with Gasteiger partial charge in [-0.15, -0.1) is 0 Å². The molecule has 2 amide bonds. The lowest BCUT2D eigenvalue weighted by Crippen LogP contribution is -2.37. The average Bonchev–Trinajstić information content (AvgIpc) is 1.64. The summed E-state index contributed by atoms with van der Waals surface area (Å²) in [7, 11) is -0.570. The number of imide groups is 1. The molecule has 0 bridgehead atoms. The average molecular weight is 129 g/mol. The molecule has 4 heteroatoms. The predicted octanol–water partition coefficient (Wildman–Crippen LogP) is -0.787. The molecule has 1 heterocycles. The molecule has 1 rings (SSSR count). The minimum atomic E-state index is -0.570. The van der Waals surface area contributed by atoms with Gasteiger partial charge in [0.15, 0.2) is 5.53 Å². The standard InChI is InChI=1S/C4H7NO2Si/c6-3-1-2-8-4(7)5-3/h1-2,8H2,(H,5,6,7). The Bertz CT molecular complexity index is 120. The van der Waals surface area contributed by atoms with Gasteiger partial charge in [-0.2, -0.15) is 0 Å². The maximum absolute atomic E-state index is 10.4. The Kier molecular flexibility index (Phi) is 1.43. The molecule has 0 saturated carbocycles. The molecule has 0 atom stereocenters. The van der Waals surface area contributed by atoms with Crippen LogP contribution in [-0.2, 0) is 4.79 Å². The highest BCUT2D eigenvalue weighted by Crippen LogP contribution is 1.94. The molecule has 44 valence electrons. The fourth-order valence-electron chi connectivity index (χ4n) is 0.690. The lowest BCUT2D eigenvalue weighted by Gasteiger charge is -2.07. The molecular weight excluding hydrogens is 122 g/mol. The van der Waals surface area contributed by atoms with Gasteiger partial charge in [0.2, 0.25) is 5.91 Å². The van der Waals surface area contributed by atoms with Crippen LogP contribution in [0, 0.1) is 0 Å². The highest BCUT2D eigenvalue weighted by atomic mass is 28.2. The van der Waals surface area contributed by atoms with Crippen LogP contribution in [0.1, 0.15) is 6.42 Å². The van der Waals surface area contributed by atoms with E-state index in [1.54, 1.807) is 0 Å². The molecule has 0 radical (unpaired) electrons. The highest BCUT2D eigenvalue weighted by Gasteiger charge is 2.13. The van der Waals surface area contributed by atoms with E-state index in [1.165, 1.54) is 0 Å². The van der Waals surface area contributed by atoms with Gasteiger partial charge in [-0.25, -0.2) is 0 Å². The summed E-state index contributed by atoms with van der Waals surface area (Å²) >= 11 is 0. The Balaban J connectivity index is 2.45. The molecule has 0 unspecified atom stereocenters. The third-order valence-corrected chi connectivity index (χ3v) is 2.42. The van der Waals surface area contributed by atoms with E-state index in [0.29, 0.717) is 6.42 Å². The summed E-state index contributed by atoms with van der Waals surface area (Å²) in [5.74, 6) is -0.103. The zero-order valence-electron chi connectivity index (χ0n) is 4.44. The largest absolute Gasteiger partial charge is 0.302 e. The van der Waals surface area contributed by atoms with E-state index in [4.69, 9.17) is 0 Å². The fourth-order valence-corrected chi connectivity index (χ4v) is 1.83. The summed E-state index contributed by atoms with van der Waals surface area (Å²) in [5, 5.41) is 2.26. The topological polar surface area (TPSA) is 46.2 Å². The second kappa shape index (κ2) is 2.08. The van der Waals surface area contributed by atoms with E-state index in [9.17, 15) is 9.59 Å². The minimum absolute atomic E-state index is 0.00116. The zero-order valence-corrected chi connectivity index (χ0v) is 5.85. The van der Waals surface area contributed by atoms with Crippen LogP contribution in [0.2, 0.25) is 6.04 Å². The van der Waals surface area contributed by atoms with Gasteiger partial charge in [-0.3, -0.25) is 9.59 Å². The molecule has 1 saturated heterocycles. The first kappa shape index (κ1) is 5.49. The summed E-state index contributed by atoms with van der Waals surface area (Å²) < 4.78 is 0. The van der Waals surface area contributed by atoms with Gasteiger partial charge in [0.1, 0.15) is 9.52 Å². The molecule has 0 aliphatic carbocycles. The summed E-state index contributed by atoms with van der Waals surface area (Å²) in [6, 6.07) is 0.852. The van der Waals surface area contributed by atoms with Crippen molar-refractivity contribution in [3.63, 3.8) is 0 Å². The fraction of sp³-hybridized carbons (Fsp3) is 0.500. The van der Waals surface area contributed by atoms with Crippen LogP contribution in [0.25, 0.3) is 0 Å². The van der Waals surface area contributed by atoms with Crippen molar-refractivity contribution in [2.24, 2.45) is 0 Å². The quantitative estimate of drug-likeness (QED) is 0.436. The lowest BCUT2D eigenvalue weighted by atomic mass is 10.4. The van der Waals surface area contributed by atoms with E-state index in [2.05, 4.69) is 5.32 Å². The van der Waals surface area contributed by atoms with Gasteiger partial charge in [0.25, 0.3) is 0 Å². The van der Waals surface area contributed by atoms with Gasteiger partial charge >= 0.3 is 0 Å². The van der Waals surface area contributed by atoms with Crippen LogP contribution < -0.4 is 5.32 Å². The van der Waals surface area contributed by atoms with Gasteiger partial charge in [0.05, 0.1) is 0 Å². The number of rotatable bonds is 0. The smallest absolute Gasteiger partial charge is 0.225 e. The lowest BCUT2D eigenvalue weighted by molar-refractivity contribution is -0.119. The molecule has 0 aromatic carbocycles. The van der Waals surface area contributed by atoms with Crippen molar-refractivity contribution >= 4 is 21.0 Å². The molecule has 1 aliphatic heterocycles. The van der Waals surface area contributed by atoms with Gasteiger partial charge in [0, 0.05) is 6.42 Å². The predicted molar refractivity (Wildman–Crippen MR) is 31.5 cm³/mol. The van der Waals surface area contributed by atoms with E-state index in [1.807, 2.05) is 0 Å². The first-order valence-electron chi connectivity index (χ1n) is 2.62. The third-order valence-electron chi connectivity index (χ3n) is 1.09. The summed E-state index contributed by atoms with van der Waals surface area (Å²) in [6.07, 6.45) is 0.567. The van der Waals surface area contributed by atoms with Crippen molar-refractivity contribution in [2.75, 3.05) is 0 Å². The van der Waals surface area contributed by atoms with Crippen molar-refractivity contribution in [3.8, 4) is 0 Å². The number of hydrogen-bond acceptors (Lipinski definition) is 2. The Morgan fingerprint density at radius 2 is 2.25 bits per heavy atom. The minimum Gasteiger partial charge on any atom is -0.302 e. The second-order valence-electron chi connectivity index (χ2n) is 1.82. The molecular formula is C4H7NO2Si. The Morgan fingerprint density at radius 1 is 1.50 bits per heavy atom. The molecule has 3 nitrogen and oxygen atoms in total. The van der Waals surface area contributed by atoms with Crippen LogP contribution in [0.5, 0.6) is 0 Å². The van der Waals surface area contributed by atoms with E-state index in [0.717, 1.165) is 6.04 Å². The van der Waals surface area contributed by atoms with Crippen molar-refractivity contribution in [3.05, 3.63) is 0 Å². The molecule has 0 spiro atoms. The maximum atomic E-state index is 10.4. The van der Waals surface area contributed by atoms with Crippen LogP contribution in [0.15, 0.2) is 0 Å². The summed E-state index contributed by atoms with van der Waals surface area (Å²) in [4.78, 5) is 20.8. The van der Waals surface area contributed by atoms with Crippen molar-refractivity contribution < 1.29 is 9.59 Å². The maximum Gasteiger partial charge on any atom is 0.225 e. The van der Waals surface area contributed by atoms with Gasteiger partial charge in [-0.1, -0.05) is 0 Å². The molecule has 0 aromatic rings. The zero-order chi connectivity index (χ0) is 5.98. The van der Waals surface area contributed by atoms with Crippen LogP contribution in [0.3, 0.4) is 0 Å². The Labute approximate surface area is 49.3 Å². The number of nitrogens with one attached hydrogen (secondary N) is 1. The van der Waals surface area contributed by atoms with Crippen molar-refractivity contribution in [2.45, 2.75) is 12.5 Å². The molecule has 1 N–H and O–H groups in total. The first-order chi connectivity index (χ1) is 3.79. The monoisotopic (exact) mass is 129 g/mol. The SMILES string of the molecule is O=C1CC[SiH2]C(=O)N1. The van der Waals surface area contributed by atoms with E-state index in [-0.39, 0.29) is 11.4 Å². The summed E-state index contributed by atoms with van der Waals surface area (Å²) in [5.41, 5.74) is 0.00116. The Morgan fingerprint density at radius 3 is 2.62 bits per heavy atom. The third kappa shape index (κ3) is 1.16. The van der Waals surface area contributed by atoms with Crippen LogP contribution in [-0.4, -0.2) is 21.0 Å². The van der Waals surface area contributed by atoms with E-state index < -0.39 is 9.52 Å². The van der Waals surface area contributed by atoms with Crippen molar-refractivity contribution in [1.29, 1.82) is 0 Å². The van der Waals surface area contributed by atoms with Crippen molar-refractivity contribution in [1.82, 2.24) is 5.32 Å².